The molecule has 0 N–H and O–H groups in total. The van der Waals surface area contributed by atoms with Crippen LogP contribution in [0.1, 0.15) is 22.6 Å². The van der Waals surface area contributed by atoms with Gasteiger partial charge in [0.2, 0.25) is 5.95 Å². The van der Waals surface area contributed by atoms with Crippen molar-refractivity contribution in [3.05, 3.63) is 114 Å². The van der Waals surface area contributed by atoms with Crippen molar-refractivity contribution in [3.8, 4) is 5.82 Å². The molecule has 6 heteroatoms. The second kappa shape index (κ2) is 7.83. The van der Waals surface area contributed by atoms with Crippen LogP contribution in [0.15, 0.2) is 91.8 Å². The molecule has 1 atom stereocenters. The van der Waals surface area contributed by atoms with Gasteiger partial charge in [-0.25, -0.2) is 15.0 Å². The van der Waals surface area contributed by atoms with E-state index in [0.29, 0.717) is 12.0 Å². The second-order valence-electron chi connectivity index (χ2n) is 7.02. The Morgan fingerprint density at radius 1 is 0.833 bits per heavy atom. The van der Waals surface area contributed by atoms with Crippen LogP contribution in [0.5, 0.6) is 0 Å². The van der Waals surface area contributed by atoms with Crippen molar-refractivity contribution in [2.24, 2.45) is 0 Å². The van der Waals surface area contributed by atoms with Gasteiger partial charge in [-0.1, -0.05) is 30.3 Å². The van der Waals surface area contributed by atoms with E-state index in [9.17, 15) is 4.39 Å². The van der Waals surface area contributed by atoms with Crippen molar-refractivity contribution in [1.29, 1.82) is 0 Å². The fourth-order valence-electron chi connectivity index (χ4n) is 3.80. The van der Waals surface area contributed by atoms with Crippen LogP contribution in [0.4, 0.5) is 4.39 Å². The molecule has 4 heterocycles. The molecule has 0 radical (unpaired) electrons. The molecular formula is C24H18FN5. The van der Waals surface area contributed by atoms with Crippen LogP contribution < -0.4 is 0 Å². The number of fused-ring (bicyclic) bond motifs is 1. The maximum atomic E-state index is 14.6. The highest BCUT2D eigenvalue weighted by Gasteiger charge is 2.22. The minimum atomic E-state index is -0.468. The molecule has 1 aromatic carbocycles. The van der Waals surface area contributed by atoms with Crippen LogP contribution in [0.25, 0.3) is 16.9 Å². The molecule has 0 saturated carbocycles. The number of hydrogen-bond donors (Lipinski definition) is 0. The first-order valence-corrected chi connectivity index (χ1v) is 9.68. The summed E-state index contributed by atoms with van der Waals surface area (Å²) < 4.78 is 16.6. The van der Waals surface area contributed by atoms with Crippen LogP contribution in [0.3, 0.4) is 0 Å². The highest BCUT2D eigenvalue weighted by molar-refractivity contribution is 5.77. The number of benzene rings is 1. The summed E-state index contributed by atoms with van der Waals surface area (Å²) in [6.45, 7) is 0. The first-order valence-electron chi connectivity index (χ1n) is 9.68. The van der Waals surface area contributed by atoms with Crippen LogP contribution in [0.2, 0.25) is 0 Å². The van der Waals surface area contributed by atoms with E-state index in [4.69, 9.17) is 0 Å². The Morgan fingerprint density at radius 3 is 2.53 bits per heavy atom. The summed E-state index contributed by atoms with van der Waals surface area (Å²) in [5.41, 5.74) is 4.32. The van der Waals surface area contributed by atoms with Crippen LogP contribution in [-0.2, 0) is 6.42 Å². The van der Waals surface area contributed by atoms with Crippen LogP contribution in [-0.4, -0.2) is 24.5 Å². The summed E-state index contributed by atoms with van der Waals surface area (Å²) in [7, 11) is 0. The molecular weight excluding hydrogens is 377 g/mol. The van der Waals surface area contributed by atoms with Crippen molar-refractivity contribution in [1.82, 2.24) is 24.5 Å². The minimum Gasteiger partial charge on any atom is -0.283 e. The van der Waals surface area contributed by atoms with Crippen molar-refractivity contribution in [2.45, 2.75) is 12.3 Å². The van der Waals surface area contributed by atoms with E-state index in [0.717, 1.165) is 28.0 Å². The first-order chi connectivity index (χ1) is 14.8. The molecule has 5 nitrogen and oxygen atoms in total. The molecule has 0 saturated heterocycles. The van der Waals surface area contributed by atoms with Gasteiger partial charge >= 0.3 is 0 Å². The summed E-state index contributed by atoms with van der Waals surface area (Å²) in [4.78, 5) is 17.2. The van der Waals surface area contributed by atoms with Gasteiger partial charge in [-0.3, -0.25) is 9.55 Å². The molecule has 146 valence electrons. The lowest BCUT2D eigenvalue weighted by Gasteiger charge is -2.19. The average Bonchev–Trinajstić information content (AvgIpc) is 3.23. The molecule has 0 spiro atoms. The molecule has 30 heavy (non-hydrogen) atoms. The van der Waals surface area contributed by atoms with Crippen LogP contribution >= 0.6 is 0 Å². The molecule has 0 aliphatic carbocycles. The first kappa shape index (κ1) is 18.1. The Bertz CT molecular complexity index is 1300. The summed E-state index contributed by atoms with van der Waals surface area (Å²) >= 11 is 0. The summed E-state index contributed by atoms with van der Waals surface area (Å²) in [6.07, 6.45) is 9.04. The van der Waals surface area contributed by atoms with Gasteiger partial charge in [-0.05, 0) is 47.9 Å². The lowest BCUT2D eigenvalue weighted by atomic mass is 9.87. The lowest BCUT2D eigenvalue weighted by Crippen LogP contribution is -2.11. The maximum absolute atomic E-state index is 14.6. The minimum absolute atomic E-state index is 0.245. The second-order valence-corrected chi connectivity index (χ2v) is 7.02. The zero-order valence-electron chi connectivity index (χ0n) is 16.1. The molecule has 0 aliphatic heterocycles. The Kier molecular flexibility index (Phi) is 4.73. The number of halogens is 1. The molecule has 0 amide bonds. The van der Waals surface area contributed by atoms with Crippen molar-refractivity contribution in [3.63, 3.8) is 0 Å². The van der Waals surface area contributed by atoms with Gasteiger partial charge in [0.05, 0.1) is 11.0 Å². The Balaban J connectivity index is 1.63. The van der Waals surface area contributed by atoms with E-state index in [1.54, 1.807) is 37.1 Å². The largest absolute Gasteiger partial charge is 0.283 e. The normalized spacial score (nSPS) is 12.2. The number of nitrogens with zero attached hydrogens (tertiary/aromatic N) is 5. The highest BCUT2D eigenvalue weighted by Crippen LogP contribution is 2.31. The van der Waals surface area contributed by atoms with Crippen molar-refractivity contribution < 1.29 is 4.39 Å². The highest BCUT2D eigenvalue weighted by atomic mass is 19.1. The predicted molar refractivity (Wildman–Crippen MR) is 113 cm³/mol. The lowest BCUT2D eigenvalue weighted by molar-refractivity contribution is 0.554. The zero-order valence-corrected chi connectivity index (χ0v) is 16.1. The van der Waals surface area contributed by atoms with Gasteiger partial charge in [0.25, 0.3) is 0 Å². The van der Waals surface area contributed by atoms with E-state index in [2.05, 4.69) is 19.9 Å². The van der Waals surface area contributed by atoms with E-state index < -0.39 is 5.95 Å². The number of para-hydroxylation sites is 2. The number of imidazole rings is 1. The third-order valence-corrected chi connectivity index (χ3v) is 5.22. The molecule has 0 aliphatic rings. The summed E-state index contributed by atoms with van der Waals surface area (Å²) in [6, 6.07) is 19.2. The summed E-state index contributed by atoms with van der Waals surface area (Å²) in [5.74, 6) is 0.0689. The fraction of sp³-hybridized carbons (Fsp3) is 0.0833. The standard InChI is InChI=1S/C24H18FN5/c25-23-19(8-5-12-27-23)20(18-7-3-11-26-15-18)14-17-6-4-13-28-24(17)30-16-29-21-9-1-2-10-22(21)30/h1-13,15-16,20H,14H2. The van der Waals surface area contributed by atoms with Gasteiger partial charge in [0.15, 0.2) is 0 Å². The van der Waals surface area contributed by atoms with Gasteiger partial charge in [-0.15, -0.1) is 0 Å². The summed E-state index contributed by atoms with van der Waals surface area (Å²) in [5, 5.41) is 0. The molecule has 5 rings (SSSR count). The number of rotatable bonds is 5. The third kappa shape index (κ3) is 3.33. The topological polar surface area (TPSA) is 56.5 Å². The van der Waals surface area contributed by atoms with E-state index in [1.165, 1.54) is 6.20 Å². The van der Waals surface area contributed by atoms with Gasteiger partial charge in [-0.2, -0.15) is 4.39 Å². The van der Waals surface area contributed by atoms with E-state index >= 15 is 0 Å². The number of hydrogen-bond acceptors (Lipinski definition) is 4. The molecule has 5 aromatic rings. The Labute approximate surface area is 172 Å². The molecule has 1 unspecified atom stereocenters. The van der Waals surface area contributed by atoms with Gasteiger partial charge < -0.3 is 0 Å². The zero-order chi connectivity index (χ0) is 20.3. The van der Waals surface area contributed by atoms with Crippen LogP contribution in [0, 0.1) is 5.95 Å². The third-order valence-electron chi connectivity index (χ3n) is 5.22. The SMILES string of the molecule is Fc1ncccc1C(Cc1cccnc1-n1cnc2ccccc21)c1cccnc1. The molecule has 0 fully saturated rings. The maximum Gasteiger partial charge on any atom is 0.216 e. The number of aromatic nitrogens is 5. The number of pyridine rings is 3. The van der Waals surface area contributed by atoms with Gasteiger partial charge in [0, 0.05) is 36.3 Å². The Hall–Kier alpha value is -3.93. The molecule has 4 aromatic heterocycles. The van der Waals surface area contributed by atoms with Crippen molar-refractivity contribution >= 4 is 11.0 Å². The van der Waals surface area contributed by atoms with E-state index in [-0.39, 0.29) is 5.92 Å². The Morgan fingerprint density at radius 2 is 1.67 bits per heavy atom. The smallest absolute Gasteiger partial charge is 0.216 e. The average molecular weight is 395 g/mol. The monoisotopic (exact) mass is 395 g/mol. The molecule has 0 bridgehead atoms. The quantitative estimate of drug-likeness (QED) is 0.404. The predicted octanol–water partition coefficient (Wildman–Crippen LogP) is 4.72. The van der Waals surface area contributed by atoms with Gasteiger partial charge in [0.1, 0.15) is 12.1 Å². The van der Waals surface area contributed by atoms with Crippen molar-refractivity contribution in [2.75, 3.05) is 0 Å². The fourth-order valence-corrected chi connectivity index (χ4v) is 3.80. The van der Waals surface area contributed by atoms with E-state index in [1.807, 2.05) is 53.1 Å².